The molecule has 0 N–H and O–H groups in total. The van der Waals surface area contributed by atoms with Crippen molar-refractivity contribution in [2.45, 2.75) is 25.1 Å². The predicted molar refractivity (Wildman–Crippen MR) is 74.0 cm³/mol. The minimum atomic E-state index is -0.269. The van der Waals surface area contributed by atoms with Gasteiger partial charge in [-0.2, -0.15) is 0 Å². The normalized spacial score (nSPS) is 10.8. The zero-order valence-corrected chi connectivity index (χ0v) is 12.3. The highest BCUT2D eigenvalue weighted by atomic mass is 32.2. The minimum absolute atomic E-state index is 0.113. The van der Waals surface area contributed by atoms with Crippen molar-refractivity contribution in [2.75, 3.05) is 5.75 Å². The standard InChI is InChI=1S/C12H15N5O2S/c1-8(2)19-10(18)7-20-12-16-15-11(17(12)3)9-6-13-4-5-14-9/h4-6,8H,7H2,1-3H3. The Kier molecular flexibility index (Phi) is 4.67. The number of hydrogen-bond donors (Lipinski definition) is 0. The topological polar surface area (TPSA) is 82.8 Å². The Bertz CT molecular complexity index is 585. The molecule has 0 aliphatic rings. The van der Waals surface area contributed by atoms with E-state index in [4.69, 9.17) is 4.74 Å². The summed E-state index contributed by atoms with van der Waals surface area (Å²) in [5.74, 6) is 0.539. The predicted octanol–water partition coefficient (Wildman–Crippen LogP) is 1.32. The number of carbonyl (C=O) groups excluding carboxylic acids is 1. The molecule has 106 valence electrons. The summed E-state index contributed by atoms with van der Waals surface area (Å²) in [7, 11) is 1.82. The Hall–Kier alpha value is -1.96. The lowest BCUT2D eigenvalue weighted by molar-refractivity contribution is -0.144. The molecular weight excluding hydrogens is 278 g/mol. The van der Waals surface area contributed by atoms with Crippen LogP contribution in [-0.4, -0.2) is 42.6 Å². The largest absolute Gasteiger partial charge is 0.462 e. The molecule has 0 atom stereocenters. The Morgan fingerprint density at radius 2 is 2.20 bits per heavy atom. The van der Waals surface area contributed by atoms with Crippen LogP contribution in [0.2, 0.25) is 0 Å². The zero-order chi connectivity index (χ0) is 14.5. The van der Waals surface area contributed by atoms with E-state index in [2.05, 4.69) is 20.2 Å². The third-order valence-electron chi connectivity index (χ3n) is 2.31. The number of nitrogens with zero attached hydrogens (tertiary/aromatic N) is 5. The molecule has 0 unspecified atom stereocenters. The average molecular weight is 293 g/mol. The molecule has 20 heavy (non-hydrogen) atoms. The van der Waals surface area contributed by atoms with Crippen molar-refractivity contribution in [1.82, 2.24) is 24.7 Å². The van der Waals surface area contributed by atoms with Gasteiger partial charge in [-0.05, 0) is 13.8 Å². The monoisotopic (exact) mass is 293 g/mol. The number of thioether (sulfide) groups is 1. The zero-order valence-electron chi connectivity index (χ0n) is 11.5. The van der Waals surface area contributed by atoms with Crippen LogP contribution in [-0.2, 0) is 16.6 Å². The molecule has 0 bridgehead atoms. The molecule has 0 aliphatic carbocycles. The van der Waals surface area contributed by atoms with E-state index in [1.807, 2.05) is 20.9 Å². The Morgan fingerprint density at radius 3 is 2.85 bits per heavy atom. The van der Waals surface area contributed by atoms with Crippen molar-refractivity contribution >= 4 is 17.7 Å². The summed E-state index contributed by atoms with van der Waals surface area (Å²) in [4.78, 5) is 19.7. The van der Waals surface area contributed by atoms with E-state index in [1.54, 1.807) is 23.2 Å². The first-order valence-corrected chi connectivity index (χ1v) is 7.04. The van der Waals surface area contributed by atoms with Gasteiger partial charge < -0.3 is 9.30 Å². The van der Waals surface area contributed by atoms with Crippen molar-refractivity contribution in [3.63, 3.8) is 0 Å². The summed E-state index contributed by atoms with van der Waals surface area (Å²) >= 11 is 1.28. The lowest BCUT2D eigenvalue weighted by Gasteiger charge is -2.07. The van der Waals surface area contributed by atoms with Crippen molar-refractivity contribution in [2.24, 2.45) is 7.05 Å². The lowest BCUT2D eigenvalue weighted by Crippen LogP contribution is -2.13. The van der Waals surface area contributed by atoms with Gasteiger partial charge in [0.25, 0.3) is 0 Å². The number of hydrogen-bond acceptors (Lipinski definition) is 7. The van der Waals surface area contributed by atoms with Crippen LogP contribution in [0, 0.1) is 0 Å². The van der Waals surface area contributed by atoms with Gasteiger partial charge in [0.15, 0.2) is 11.0 Å². The van der Waals surface area contributed by atoms with Gasteiger partial charge >= 0.3 is 5.97 Å². The van der Waals surface area contributed by atoms with E-state index >= 15 is 0 Å². The lowest BCUT2D eigenvalue weighted by atomic mass is 10.4. The summed E-state index contributed by atoms with van der Waals surface area (Å²) in [6.45, 7) is 3.63. The van der Waals surface area contributed by atoms with Crippen molar-refractivity contribution in [3.8, 4) is 11.5 Å². The maximum absolute atomic E-state index is 11.5. The molecule has 8 heteroatoms. The van der Waals surface area contributed by atoms with Gasteiger partial charge in [0.2, 0.25) is 0 Å². The number of rotatable bonds is 5. The van der Waals surface area contributed by atoms with Gasteiger partial charge in [-0.1, -0.05) is 11.8 Å². The van der Waals surface area contributed by atoms with E-state index in [-0.39, 0.29) is 17.8 Å². The van der Waals surface area contributed by atoms with Crippen LogP contribution >= 0.6 is 11.8 Å². The number of aromatic nitrogens is 5. The quantitative estimate of drug-likeness (QED) is 0.607. The fraction of sp³-hybridized carbons (Fsp3) is 0.417. The molecule has 0 spiro atoms. The van der Waals surface area contributed by atoms with E-state index in [9.17, 15) is 4.79 Å². The number of carbonyl (C=O) groups is 1. The molecule has 0 fully saturated rings. The average Bonchev–Trinajstić information content (AvgIpc) is 2.78. The van der Waals surface area contributed by atoms with Gasteiger partial charge in [-0.15, -0.1) is 10.2 Å². The second-order valence-corrected chi connectivity index (χ2v) is 5.23. The van der Waals surface area contributed by atoms with E-state index in [0.29, 0.717) is 16.7 Å². The summed E-state index contributed by atoms with van der Waals surface area (Å²) in [6, 6.07) is 0. The first-order chi connectivity index (χ1) is 9.58. The Morgan fingerprint density at radius 1 is 1.40 bits per heavy atom. The summed E-state index contributed by atoms with van der Waals surface area (Å²) in [5.41, 5.74) is 0.638. The van der Waals surface area contributed by atoms with E-state index in [1.165, 1.54) is 11.8 Å². The number of ether oxygens (including phenoxy) is 1. The third-order valence-corrected chi connectivity index (χ3v) is 3.31. The van der Waals surface area contributed by atoms with E-state index in [0.717, 1.165) is 0 Å². The van der Waals surface area contributed by atoms with Crippen molar-refractivity contribution in [1.29, 1.82) is 0 Å². The maximum Gasteiger partial charge on any atom is 0.316 e. The summed E-state index contributed by atoms with van der Waals surface area (Å²) < 4.78 is 6.84. The second-order valence-electron chi connectivity index (χ2n) is 4.28. The van der Waals surface area contributed by atoms with Crippen molar-refractivity contribution < 1.29 is 9.53 Å². The van der Waals surface area contributed by atoms with Crippen LogP contribution in [0.4, 0.5) is 0 Å². The molecule has 0 radical (unpaired) electrons. The molecule has 0 aliphatic heterocycles. The van der Waals surface area contributed by atoms with Crippen LogP contribution in [0.15, 0.2) is 23.7 Å². The van der Waals surface area contributed by atoms with Gasteiger partial charge in [-0.3, -0.25) is 9.78 Å². The van der Waals surface area contributed by atoms with Gasteiger partial charge in [0.05, 0.1) is 18.1 Å². The Balaban J connectivity index is 2.05. The number of esters is 1. The molecule has 7 nitrogen and oxygen atoms in total. The van der Waals surface area contributed by atoms with Crippen LogP contribution < -0.4 is 0 Å². The Labute approximate surface area is 120 Å². The smallest absolute Gasteiger partial charge is 0.316 e. The van der Waals surface area contributed by atoms with Gasteiger partial charge in [-0.25, -0.2) is 4.98 Å². The molecule has 2 aromatic rings. The third kappa shape index (κ3) is 3.53. The molecule has 0 amide bonds. The molecular formula is C12H15N5O2S. The second kappa shape index (κ2) is 6.47. The van der Waals surface area contributed by atoms with Gasteiger partial charge in [0, 0.05) is 19.4 Å². The fourth-order valence-corrected chi connectivity index (χ4v) is 2.19. The minimum Gasteiger partial charge on any atom is -0.462 e. The van der Waals surface area contributed by atoms with Crippen LogP contribution in [0.5, 0.6) is 0 Å². The summed E-state index contributed by atoms with van der Waals surface area (Å²) in [5, 5.41) is 8.74. The molecule has 0 aromatic carbocycles. The molecule has 0 saturated carbocycles. The molecule has 2 aromatic heterocycles. The molecule has 0 saturated heterocycles. The maximum atomic E-state index is 11.5. The van der Waals surface area contributed by atoms with Gasteiger partial charge in [0.1, 0.15) is 5.69 Å². The first kappa shape index (κ1) is 14.4. The van der Waals surface area contributed by atoms with E-state index < -0.39 is 0 Å². The first-order valence-electron chi connectivity index (χ1n) is 6.06. The highest BCUT2D eigenvalue weighted by Gasteiger charge is 2.14. The highest BCUT2D eigenvalue weighted by Crippen LogP contribution is 2.20. The highest BCUT2D eigenvalue weighted by molar-refractivity contribution is 7.99. The van der Waals surface area contributed by atoms with Crippen molar-refractivity contribution in [3.05, 3.63) is 18.6 Å². The fourth-order valence-electron chi connectivity index (χ4n) is 1.50. The van der Waals surface area contributed by atoms with Crippen LogP contribution in [0.1, 0.15) is 13.8 Å². The SMILES string of the molecule is CC(C)OC(=O)CSc1nnc(-c2cnccn2)n1C. The molecule has 2 heterocycles. The van der Waals surface area contributed by atoms with Crippen LogP contribution in [0.3, 0.4) is 0 Å². The summed E-state index contributed by atoms with van der Waals surface area (Å²) in [6.07, 6.45) is 4.69. The van der Waals surface area contributed by atoms with Crippen LogP contribution in [0.25, 0.3) is 11.5 Å². The molecule has 2 rings (SSSR count).